The van der Waals surface area contributed by atoms with E-state index in [-0.39, 0.29) is 40.4 Å². The van der Waals surface area contributed by atoms with Crippen molar-refractivity contribution in [3.8, 4) is 5.75 Å². The summed E-state index contributed by atoms with van der Waals surface area (Å²) >= 11 is 12.6. The minimum Gasteiger partial charge on any atom is -0.481 e. The van der Waals surface area contributed by atoms with Crippen LogP contribution in [0, 0.1) is 12.8 Å². The summed E-state index contributed by atoms with van der Waals surface area (Å²) in [5.74, 6) is -1.70. The predicted octanol–water partition coefficient (Wildman–Crippen LogP) is 4.12. The molecule has 1 fully saturated rings. The van der Waals surface area contributed by atoms with E-state index in [0.29, 0.717) is 5.56 Å². The molecule has 162 valence electrons. The molecule has 3 rings (SSSR count). The smallest absolute Gasteiger partial charge is 0.307 e. The van der Waals surface area contributed by atoms with Crippen LogP contribution in [0.2, 0.25) is 10.0 Å². The quantitative estimate of drug-likeness (QED) is 0.607. The van der Waals surface area contributed by atoms with E-state index in [9.17, 15) is 18.3 Å². The Bertz CT molecular complexity index is 1040. The van der Waals surface area contributed by atoms with Gasteiger partial charge in [0.15, 0.2) is 6.79 Å². The number of carbonyl (C=O) groups is 1. The van der Waals surface area contributed by atoms with E-state index in [1.54, 1.807) is 18.2 Å². The Morgan fingerprint density at radius 3 is 2.47 bits per heavy atom. The molecular formula is C20H21Cl2NO6S. The van der Waals surface area contributed by atoms with E-state index in [2.05, 4.69) is 0 Å². The first-order valence-corrected chi connectivity index (χ1v) is 11.3. The molecule has 1 N–H and O–H groups in total. The van der Waals surface area contributed by atoms with Crippen molar-refractivity contribution in [2.45, 2.75) is 24.3 Å². The first-order valence-electron chi connectivity index (χ1n) is 9.07. The molecule has 0 bridgehead atoms. The van der Waals surface area contributed by atoms with Gasteiger partial charge in [-0.15, -0.1) is 0 Å². The summed E-state index contributed by atoms with van der Waals surface area (Å²) in [6.45, 7) is 1.56. The van der Waals surface area contributed by atoms with Gasteiger partial charge in [-0.3, -0.25) is 4.79 Å². The van der Waals surface area contributed by atoms with Gasteiger partial charge < -0.3 is 14.6 Å². The van der Waals surface area contributed by atoms with Crippen LogP contribution in [0.1, 0.15) is 23.6 Å². The zero-order valence-corrected chi connectivity index (χ0v) is 18.7. The van der Waals surface area contributed by atoms with Crippen molar-refractivity contribution in [2.24, 2.45) is 5.92 Å². The van der Waals surface area contributed by atoms with Crippen molar-refractivity contribution in [3.05, 3.63) is 57.6 Å². The SMILES string of the molecule is COCOc1ccc(Cl)c(Cl)c1C1CC(C(=O)O)CN1S(=O)(=O)c1ccc(C)cc1. The molecule has 0 aromatic heterocycles. The predicted molar refractivity (Wildman–Crippen MR) is 113 cm³/mol. The molecule has 1 heterocycles. The molecule has 1 saturated heterocycles. The summed E-state index contributed by atoms with van der Waals surface area (Å²) in [6, 6.07) is 8.59. The van der Waals surface area contributed by atoms with Crippen molar-refractivity contribution in [1.29, 1.82) is 0 Å². The lowest BCUT2D eigenvalue weighted by molar-refractivity contribution is -0.141. The zero-order valence-electron chi connectivity index (χ0n) is 16.3. The molecule has 30 heavy (non-hydrogen) atoms. The maximum absolute atomic E-state index is 13.4. The number of hydrogen-bond acceptors (Lipinski definition) is 5. The first-order chi connectivity index (χ1) is 14.2. The third kappa shape index (κ3) is 4.43. The number of methoxy groups -OCH3 is 1. The van der Waals surface area contributed by atoms with E-state index < -0.39 is 28.0 Å². The van der Waals surface area contributed by atoms with Gasteiger partial charge in [0.1, 0.15) is 5.75 Å². The van der Waals surface area contributed by atoms with E-state index in [4.69, 9.17) is 32.7 Å². The topological polar surface area (TPSA) is 93.1 Å². The molecule has 0 spiro atoms. The maximum Gasteiger partial charge on any atom is 0.307 e. The van der Waals surface area contributed by atoms with Gasteiger partial charge in [0.05, 0.1) is 26.9 Å². The van der Waals surface area contributed by atoms with E-state index in [1.165, 1.54) is 25.3 Å². The second kappa shape index (κ2) is 9.11. The fraction of sp³-hybridized carbons (Fsp3) is 0.350. The molecule has 2 aromatic rings. The molecule has 0 saturated carbocycles. The average Bonchev–Trinajstić information content (AvgIpc) is 3.15. The number of aliphatic carboxylic acids is 1. The third-order valence-corrected chi connectivity index (χ3v) is 7.70. The molecule has 1 aliphatic rings. The van der Waals surface area contributed by atoms with Gasteiger partial charge in [0.25, 0.3) is 0 Å². The molecule has 2 aromatic carbocycles. The van der Waals surface area contributed by atoms with Gasteiger partial charge >= 0.3 is 5.97 Å². The summed E-state index contributed by atoms with van der Waals surface area (Å²) in [5, 5.41) is 9.90. The van der Waals surface area contributed by atoms with Crippen LogP contribution in [0.3, 0.4) is 0 Å². The average molecular weight is 474 g/mol. The minimum absolute atomic E-state index is 0.0316. The number of hydrogen-bond donors (Lipinski definition) is 1. The Balaban J connectivity index is 2.13. The number of carboxylic acids is 1. The highest BCUT2D eigenvalue weighted by Gasteiger charge is 2.45. The van der Waals surface area contributed by atoms with Gasteiger partial charge in [-0.1, -0.05) is 40.9 Å². The van der Waals surface area contributed by atoms with Gasteiger partial charge in [0.2, 0.25) is 10.0 Å². The fourth-order valence-electron chi connectivity index (χ4n) is 3.47. The molecule has 0 amide bonds. The zero-order chi connectivity index (χ0) is 22.1. The lowest BCUT2D eigenvalue weighted by Crippen LogP contribution is -2.32. The molecule has 2 unspecified atom stereocenters. The summed E-state index contributed by atoms with van der Waals surface area (Å²) < 4.78 is 38.5. The standard InChI is InChI=1S/C20H21Cl2NO6S/c1-12-3-5-14(6-4-12)30(26,27)23-10-13(20(24)25)9-16(23)18-17(29-11-28-2)8-7-15(21)19(18)22/h3-8,13,16H,9-11H2,1-2H3,(H,24,25). The number of rotatable bonds is 7. The number of benzene rings is 2. The lowest BCUT2D eigenvalue weighted by Gasteiger charge is -2.27. The van der Waals surface area contributed by atoms with Crippen LogP contribution in [0.4, 0.5) is 0 Å². The van der Waals surface area contributed by atoms with Crippen LogP contribution in [0.25, 0.3) is 0 Å². The summed E-state index contributed by atoms with van der Waals surface area (Å²) in [6.07, 6.45) is 0.0316. The third-order valence-electron chi connectivity index (χ3n) is 4.99. The van der Waals surface area contributed by atoms with Crippen molar-refractivity contribution in [2.75, 3.05) is 20.4 Å². The van der Waals surface area contributed by atoms with E-state index in [0.717, 1.165) is 9.87 Å². The number of ether oxygens (including phenoxy) is 2. The molecule has 7 nitrogen and oxygen atoms in total. The molecule has 0 radical (unpaired) electrons. The Kier molecular flexibility index (Phi) is 6.94. The van der Waals surface area contributed by atoms with Crippen molar-refractivity contribution in [3.63, 3.8) is 0 Å². The molecule has 0 aliphatic carbocycles. The number of carboxylic acid groups (broad SMARTS) is 1. The molecule has 2 atom stereocenters. The Hall–Kier alpha value is -1.84. The highest BCUT2D eigenvalue weighted by atomic mass is 35.5. The van der Waals surface area contributed by atoms with Gasteiger partial charge in [-0.25, -0.2) is 8.42 Å². The Morgan fingerprint density at radius 1 is 1.20 bits per heavy atom. The molecule has 10 heteroatoms. The molecular weight excluding hydrogens is 453 g/mol. The van der Waals surface area contributed by atoms with Crippen molar-refractivity contribution < 1.29 is 27.8 Å². The molecule has 1 aliphatic heterocycles. The normalized spacial score (nSPS) is 19.7. The number of halogens is 2. The highest BCUT2D eigenvalue weighted by molar-refractivity contribution is 7.89. The van der Waals surface area contributed by atoms with E-state index in [1.807, 2.05) is 6.92 Å². The van der Waals surface area contributed by atoms with Crippen molar-refractivity contribution >= 4 is 39.2 Å². The largest absolute Gasteiger partial charge is 0.481 e. The summed E-state index contributed by atoms with van der Waals surface area (Å²) in [4.78, 5) is 11.8. The Labute approximate surface area is 185 Å². The highest BCUT2D eigenvalue weighted by Crippen LogP contribution is 2.47. The van der Waals surface area contributed by atoms with Crippen LogP contribution < -0.4 is 4.74 Å². The second-order valence-electron chi connectivity index (χ2n) is 7.00. The lowest BCUT2D eigenvalue weighted by atomic mass is 9.99. The van der Waals surface area contributed by atoms with Crippen LogP contribution in [-0.2, 0) is 19.6 Å². The second-order valence-corrected chi connectivity index (χ2v) is 9.67. The monoisotopic (exact) mass is 473 g/mol. The summed E-state index contributed by atoms with van der Waals surface area (Å²) in [5.41, 5.74) is 1.23. The first kappa shape index (κ1) is 22.8. The van der Waals surface area contributed by atoms with Crippen molar-refractivity contribution in [1.82, 2.24) is 4.31 Å². The van der Waals surface area contributed by atoms with Crippen LogP contribution in [0.5, 0.6) is 5.75 Å². The number of sulfonamides is 1. The summed E-state index contributed by atoms with van der Waals surface area (Å²) in [7, 11) is -2.56. The Morgan fingerprint density at radius 2 is 1.87 bits per heavy atom. The van der Waals surface area contributed by atoms with E-state index >= 15 is 0 Å². The fourth-order valence-corrected chi connectivity index (χ4v) is 5.57. The van der Waals surface area contributed by atoms with Gasteiger partial charge in [-0.05, 0) is 37.6 Å². The van der Waals surface area contributed by atoms with Crippen LogP contribution in [-0.4, -0.2) is 44.2 Å². The maximum atomic E-state index is 13.4. The number of nitrogens with zero attached hydrogens (tertiary/aromatic N) is 1. The minimum atomic E-state index is -4.00. The van der Waals surface area contributed by atoms with Gasteiger partial charge in [-0.2, -0.15) is 4.31 Å². The van der Waals surface area contributed by atoms with Crippen LogP contribution >= 0.6 is 23.2 Å². The van der Waals surface area contributed by atoms with Crippen LogP contribution in [0.15, 0.2) is 41.3 Å². The number of aryl methyl sites for hydroxylation is 1. The van der Waals surface area contributed by atoms with Gasteiger partial charge in [0, 0.05) is 19.2 Å².